The minimum absolute atomic E-state index is 0.0283. The predicted octanol–water partition coefficient (Wildman–Crippen LogP) is 2.06. The van der Waals surface area contributed by atoms with Crippen LogP contribution in [0.15, 0.2) is 36.2 Å². The van der Waals surface area contributed by atoms with E-state index < -0.39 is 0 Å². The van der Waals surface area contributed by atoms with Crippen LogP contribution >= 0.6 is 0 Å². The molecule has 2 aromatic rings. The lowest BCUT2D eigenvalue weighted by Crippen LogP contribution is -2.17. The van der Waals surface area contributed by atoms with Crippen LogP contribution in [0.25, 0.3) is 11.3 Å². The third-order valence-electron chi connectivity index (χ3n) is 3.88. The van der Waals surface area contributed by atoms with E-state index in [2.05, 4.69) is 10.3 Å². The first-order chi connectivity index (χ1) is 10.1. The summed E-state index contributed by atoms with van der Waals surface area (Å²) in [4.78, 5) is 16.0. The lowest BCUT2D eigenvalue weighted by atomic mass is 9.99. The molecular weight excluding hydrogens is 264 g/mol. The number of amides is 1. The summed E-state index contributed by atoms with van der Waals surface area (Å²) in [5.41, 5.74) is 10.7. The summed E-state index contributed by atoms with van der Waals surface area (Å²) in [6.07, 6.45) is 4.36. The van der Waals surface area contributed by atoms with Crippen molar-refractivity contribution in [3.63, 3.8) is 0 Å². The highest BCUT2D eigenvalue weighted by atomic mass is 16.1. The fraction of sp³-hybridized carbons (Fsp3) is 0.250. The van der Waals surface area contributed by atoms with Gasteiger partial charge in [0.2, 0.25) is 5.91 Å². The Morgan fingerprint density at radius 1 is 1.43 bits per heavy atom. The topological polar surface area (TPSA) is 72.9 Å². The number of hydrogen-bond acceptors (Lipinski definition) is 3. The Bertz CT molecular complexity index is 742. The average molecular weight is 282 g/mol. The van der Waals surface area contributed by atoms with Crippen molar-refractivity contribution in [2.75, 3.05) is 12.3 Å². The van der Waals surface area contributed by atoms with Crippen LogP contribution in [0.3, 0.4) is 0 Å². The second kappa shape index (κ2) is 5.09. The quantitative estimate of drug-likeness (QED) is 0.846. The van der Waals surface area contributed by atoms with E-state index in [-0.39, 0.29) is 5.91 Å². The van der Waals surface area contributed by atoms with E-state index in [9.17, 15) is 4.79 Å². The van der Waals surface area contributed by atoms with Gasteiger partial charge in [-0.3, -0.25) is 4.79 Å². The molecule has 0 unspecified atom stereocenters. The Kier molecular flexibility index (Phi) is 3.25. The van der Waals surface area contributed by atoms with Gasteiger partial charge in [0.15, 0.2) is 0 Å². The molecule has 108 valence electrons. The summed E-state index contributed by atoms with van der Waals surface area (Å²) < 4.78 is 1.95. The van der Waals surface area contributed by atoms with E-state index in [1.54, 1.807) is 6.20 Å². The molecule has 3 rings (SSSR count). The van der Waals surface area contributed by atoms with Gasteiger partial charge < -0.3 is 15.6 Å². The first-order valence-corrected chi connectivity index (χ1v) is 7.02. The lowest BCUT2D eigenvalue weighted by molar-refractivity contribution is -0.116. The maximum absolute atomic E-state index is 11.8. The molecule has 1 amide bonds. The third kappa shape index (κ3) is 2.20. The molecule has 2 heterocycles. The standard InChI is InChI=1S/C16H18N4O/c1-3-12-13(9-19-16(12)21)11-4-5-15(14(17)8-11)20-7-6-18-10(20)2/h4-8H,3,9,17H2,1-2H3,(H,19,21). The number of aryl methyl sites for hydroxylation is 1. The van der Waals surface area contributed by atoms with Crippen molar-refractivity contribution in [3.8, 4) is 5.69 Å². The second-order valence-electron chi connectivity index (χ2n) is 5.11. The number of rotatable bonds is 3. The summed E-state index contributed by atoms with van der Waals surface area (Å²) >= 11 is 0. The molecule has 0 radical (unpaired) electrons. The fourth-order valence-electron chi connectivity index (χ4n) is 2.76. The van der Waals surface area contributed by atoms with Gasteiger partial charge >= 0.3 is 0 Å². The zero-order chi connectivity index (χ0) is 15.0. The molecule has 1 aliphatic heterocycles. The first kappa shape index (κ1) is 13.4. The van der Waals surface area contributed by atoms with Gasteiger partial charge in [-0.05, 0) is 36.6 Å². The van der Waals surface area contributed by atoms with Crippen LogP contribution in [0.4, 0.5) is 5.69 Å². The number of nitrogens with two attached hydrogens (primary N) is 1. The average Bonchev–Trinajstić information content (AvgIpc) is 3.04. The molecule has 0 aliphatic carbocycles. The maximum Gasteiger partial charge on any atom is 0.247 e. The Morgan fingerprint density at radius 2 is 2.24 bits per heavy atom. The van der Waals surface area contributed by atoms with Gasteiger partial charge in [-0.25, -0.2) is 4.98 Å². The number of aromatic nitrogens is 2. The molecule has 0 atom stereocenters. The molecule has 1 aromatic heterocycles. The van der Waals surface area contributed by atoms with Crippen molar-refractivity contribution in [1.29, 1.82) is 0 Å². The number of carbonyl (C=O) groups is 1. The van der Waals surface area contributed by atoms with E-state index in [1.807, 2.05) is 42.8 Å². The van der Waals surface area contributed by atoms with Crippen molar-refractivity contribution in [3.05, 3.63) is 47.6 Å². The molecule has 0 bridgehead atoms. The Hall–Kier alpha value is -2.56. The van der Waals surface area contributed by atoms with Gasteiger partial charge in [0.05, 0.1) is 11.4 Å². The van der Waals surface area contributed by atoms with E-state index in [0.29, 0.717) is 12.2 Å². The number of carbonyl (C=O) groups excluding carboxylic acids is 1. The van der Waals surface area contributed by atoms with Crippen molar-refractivity contribution in [1.82, 2.24) is 14.9 Å². The molecule has 3 N–H and O–H groups in total. The zero-order valence-corrected chi connectivity index (χ0v) is 12.2. The first-order valence-electron chi connectivity index (χ1n) is 7.02. The smallest absolute Gasteiger partial charge is 0.247 e. The summed E-state index contributed by atoms with van der Waals surface area (Å²) in [6, 6.07) is 5.92. The molecule has 21 heavy (non-hydrogen) atoms. The Morgan fingerprint density at radius 3 is 2.86 bits per heavy atom. The van der Waals surface area contributed by atoms with Crippen LogP contribution in [-0.4, -0.2) is 22.0 Å². The number of hydrogen-bond donors (Lipinski definition) is 2. The van der Waals surface area contributed by atoms with Gasteiger partial charge in [0, 0.05) is 24.5 Å². The molecule has 0 spiro atoms. The summed E-state index contributed by atoms with van der Waals surface area (Å²) in [7, 11) is 0. The summed E-state index contributed by atoms with van der Waals surface area (Å²) in [6.45, 7) is 4.50. The number of nitrogens with one attached hydrogen (secondary N) is 1. The van der Waals surface area contributed by atoms with Crippen molar-refractivity contribution >= 4 is 17.2 Å². The van der Waals surface area contributed by atoms with Crippen molar-refractivity contribution < 1.29 is 4.79 Å². The normalized spacial score (nSPS) is 14.7. The number of nitrogen functional groups attached to an aromatic ring is 1. The minimum Gasteiger partial charge on any atom is -0.397 e. The molecule has 0 fully saturated rings. The van der Waals surface area contributed by atoms with Crippen LogP contribution in [0.2, 0.25) is 0 Å². The highest BCUT2D eigenvalue weighted by Crippen LogP contribution is 2.29. The monoisotopic (exact) mass is 282 g/mol. The molecule has 5 nitrogen and oxygen atoms in total. The molecule has 1 aliphatic rings. The van der Waals surface area contributed by atoms with Gasteiger partial charge in [0.1, 0.15) is 5.82 Å². The van der Waals surface area contributed by atoms with Crippen LogP contribution in [0.1, 0.15) is 24.7 Å². The van der Waals surface area contributed by atoms with Crippen LogP contribution in [0.5, 0.6) is 0 Å². The van der Waals surface area contributed by atoms with Crippen LogP contribution < -0.4 is 11.1 Å². The van der Waals surface area contributed by atoms with E-state index in [1.165, 1.54) is 0 Å². The predicted molar refractivity (Wildman–Crippen MR) is 82.9 cm³/mol. The fourth-order valence-corrected chi connectivity index (χ4v) is 2.76. The van der Waals surface area contributed by atoms with Crippen LogP contribution in [-0.2, 0) is 4.79 Å². The van der Waals surface area contributed by atoms with Gasteiger partial charge in [-0.2, -0.15) is 0 Å². The third-order valence-corrected chi connectivity index (χ3v) is 3.88. The van der Waals surface area contributed by atoms with E-state index >= 15 is 0 Å². The Labute approximate surface area is 123 Å². The SMILES string of the molecule is CCC1=C(c2ccc(-n3ccnc3C)c(N)c2)CNC1=O. The highest BCUT2D eigenvalue weighted by Gasteiger charge is 2.22. The van der Waals surface area contributed by atoms with Gasteiger partial charge in [-0.1, -0.05) is 13.0 Å². The maximum atomic E-state index is 11.8. The summed E-state index contributed by atoms with van der Waals surface area (Å²) in [5.74, 6) is 0.918. The molecule has 5 heteroatoms. The largest absolute Gasteiger partial charge is 0.397 e. The summed E-state index contributed by atoms with van der Waals surface area (Å²) in [5, 5.41) is 2.87. The number of imidazole rings is 1. The van der Waals surface area contributed by atoms with E-state index in [0.717, 1.165) is 34.6 Å². The number of anilines is 1. The van der Waals surface area contributed by atoms with Gasteiger partial charge in [0.25, 0.3) is 0 Å². The Balaban J connectivity index is 2.05. The van der Waals surface area contributed by atoms with Gasteiger partial charge in [-0.15, -0.1) is 0 Å². The number of benzene rings is 1. The number of nitrogens with zero attached hydrogens (tertiary/aromatic N) is 2. The molecule has 0 saturated heterocycles. The zero-order valence-electron chi connectivity index (χ0n) is 12.2. The van der Waals surface area contributed by atoms with Crippen molar-refractivity contribution in [2.24, 2.45) is 0 Å². The molecular formula is C16H18N4O. The minimum atomic E-state index is 0.0283. The second-order valence-corrected chi connectivity index (χ2v) is 5.11. The highest BCUT2D eigenvalue weighted by molar-refractivity contribution is 6.06. The lowest BCUT2D eigenvalue weighted by Gasteiger charge is -2.11. The van der Waals surface area contributed by atoms with Crippen molar-refractivity contribution in [2.45, 2.75) is 20.3 Å². The molecule has 1 aromatic carbocycles. The van der Waals surface area contributed by atoms with E-state index in [4.69, 9.17) is 5.73 Å². The molecule has 0 saturated carbocycles. The van der Waals surface area contributed by atoms with Crippen LogP contribution in [0, 0.1) is 6.92 Å².